The van der Waals surface area contributed by atoms with Gasteiger partial charge in [0.15, 0.2) is 0 Å². The maximum Gasteiger partial charge on any atom is 0.0541 e. The standard InChI is InChI=1S/C56H40N2/c1-2-46-47(40-28-24-38(25-29-40)42-32-34-55-51(36-42)49-18-9-11-22-53(49)57(55)44-14-5-3-6-15-44)20-13-21-48(46)41-30-26-39(27-31-41)43-33-35-56-52(37-43)50-19-10-12-23-54(50)58(56)45-16-7-4-8-17-45/h3-37H,2H2,1H3. The van der Waals surface area contributed by atoms with Gasteiger partial charge in [-0.1, -0.05) is 159 Å². The summed E-state index contributed by atoms with van der Waals surface area (Å²) < 4.78 is 4.74. The van der Waals surface area contributed by atoms with E-state index in [9.17, 15) is 0 Å². The molecule has 0 fully saturated rings. The van der Waals surface area contributed by atoms with Crippen molar-refractivity contribution in [3.05, 3.63) is 218 Å². The summed E-state index contributed by atoms with van der Waals surface area (Å²) in [6.07, 6.45) is 0.944. The van der Waals surface area contributed by atoms with Gasteiger partial charge in [0.1, 0.15) is 0 Å². The highest BCUT2D eigenvalue weighted by molar-refractivity contribution is 6.11. The predicted octanol–water partition coefficient (Wildman–Crippen LogP) is 15.1. The number of rotatable bonds is 7. The smallest absolute Gasteiger partial charge is 0.0541 e. The van der Waals surface area contributed by atoms with E-state index in [1.807, 2.05) is 0 Å². The van der Waals surface area contributed by atoms with Gasteiger partial charge in [0.25, 0.3) is 0 Å². The summed E-state index contributed by atoms with van der Waals surface area (Å²) in [4.78, 5) is 0. The second-order valence-corrected chi connectivity index (χ2v) is 15.2. The van der Waals surface area contributed by atoms with Crippen LogP contribution in [0.3, 0.4) is 0 Å². The van der Waals surface area contributed by atoms with Crippen LogP contribution in [0.4, 0.5) is 0 Å². The molecule has 11 aromatic rings. The van der Waals surface area contributed by atoms with Gasteiger partial charge >= 0.3 is 0 Å². The zero-order chi connectivity index (χ0) is 38.6. The van der Waals surface area contributed by atoms with E-state index in [2.05, 4.69) is 228 Å². The minimum absolute atomic E-state index is 0.944. The molecule has 58 heavy (non-hydrogen) atoms. The number of para-hydroxylation sites is 4. The lowest BCUT2D eigenvalue weighted by Crippen LogP contribution is -1.93. The van der Waals surface area contributed by atoms with Crippen molar-refractivity contribution in [2.75, 3.05) is 0 Å². The van der Waals surface area contributed by atoms with Gasteiger partial charge < -0.3 is 9.13 Å². The molecule has 0 aliphatic rings. The van der Waals surface area contributed by atoms with Crippen LogP contribution in [-0.2, 0) is 6.42 Å². The Bertz CT molecular complexity index is 3060. The quantitative estimate of drug-likeness (QED) is 0.154. The Morgan fingerprint density at radius 3 is 1.09 bits per heavy atom. The number of nitrogens with zero attached hydrogens (tertiary/aromatic N) is 2. The molecule has 0 atom stereocenters. The lowest BCUT2D eigenvalue weighted by molar-refractivity contribution is 1.14. The van der Waals surface area contributed by atoms with Crippen LogP contribution in [0.15, 0.2) is 212 Å². The summed E-state index contributed by atoms with van der Waals surface area (Å²) in [6, 6.07) is 77.6. The summed E-state index contributed by atoms with van der Waals surface area (Å²) in [7, 11) is 0. The third-order valence-corrected chi connectivity index (χ3v) is 12.0. The summed E-state index contributed by atoms with van der Waals surface area (Å²) in [5.41, 5.74) is 18.6. The Balaban J connectivity index is 0.909. The zero-order valence-electron chi connectivity index (χ0n) is 32.3. The number of aromatic nitrogens is 2. The fraction of sp³-hybridized carbons (Fsp3) is 0.0357. The van der Waals surface area contributed by atoms with Crippen molar-refractivity contribution in [3.63, 3.8) is 0 Å². The fourth-order valence-electron chi connectivity index (χ4n) is 9.21. The van der Waals surface area contributed by atoms with E-state index >= 15 is 0 Å². The first kappa shape index (κ1) is 33.9. The SMILES string of the molecule is CCc1c(-c2ccc(-c3ccc4c(c3)c3ccccc3n4-c3ccccc3)cc2)cccc1-c1ccc(-c2ccc3c(c2)c2ccccc2n3-c2ccccc2)cc1. The van der Waals surface area contributed by atoms with Crippen molar-refractivity contribution in [1.82, 2.24) is 9.13 Å². The number of fused-ring (bicyclic) bond motifs is 6. The van der Waals surface area contributed by atoms with Crippen molar-refractivity contribution >= 4 is 43.6 Å². The number of hydrogen-bond acceptors (Lipinski definition) is 0. The normalized spacial score (nSPS) is 11.6. The van der Waals surface area contributed by atoms with Gasteiger partial charge in [-0.15, -0.1) is 0 Å². The van der Waals surface area contributed by atoms with Crippen molar-refractivity contribution in [1.29, 1.82) is 0 Å². The predicted molar refractivity (Wildman–Crippen MR) is 246 cm³/mol. The lowest BCUT2D eigenvalue weighted by Gasteiger charge is -2.15. The third-order valence-electron chi connectivity index (χ3n) is 12.0. The molecule has 9 aromatic carbocycles. The first-order chi connectivity index (χ1) is 28.7. The van der Waals surface area contributed by atoms with E-state index < -0.39 is 0 Å². The van der Waals surface area contributed by atoms with Crippen LogP contribution in [0.5, 0.6) is 0 Å². The van der Waals surface area contributed by atoms with Crippen molar-refractivity contribution < 1.29 is 0 Å². The van der Waals surface area contributed by atoms with E-state index in [-0.39, 0.29) is 0 Å². The van der Waals surface area contributed by atoms with Crippen molar-refractivity contribution in [2.24, 2.45) is 0 Å². The average Bonchev–Trinajstić information content (AvgIpc) is 3.81. The third kappa shape index (κ3) is 5.56. The molecule has 2 heteroatoms. The molecule has 2 nitrogen and oxygen atoms in total. The molecule has 0 N–H and O–H groups in total. The van der Waals surface area contributed by atoms with Gasteiger partial charge in [0.2, 0.25) is 0 Å². The molecule has 0 aliphatic heterocycles. The molecule has 11 rings (SSSR count). The molecular formula is C56H40N2. The largest absolute Gasteiger partial charge is 0.309 e. The maximum atomic E-state index is 2.37. The monoisotopic (exact) mass is 740 g/mol. The molecule has 0 spiro atoms. The van der Waals surface area contributed by atoms with E-state index in [1.165, 1.54) is 105 Å². The molecule has 2 heterocycles. The molecule has 0 amide bonds. The second-order valence-electron chi connectivity index (χ2n) is 15.2. The van der Waals surface area contributed by atoms with Crippen LogP contribution in [0.1, 0.15) is 12.5 Å². The minimum Gasteiger partial charge on any atom is -0.309 e. The molecule has 2 aromatic heterocycles. The Morgan fingerprint density at radius 1 is 0.293 bits per heavy atom. The van der Waals surface area contributed by atoms with Gasteiger partial charge in [-0.2, -0.15) is 0 Å². The lowest BCUT2D eigenvalue weighted by atomic mass is 9.89. The topological polar surface area (TPSA) is 9.86 Å². The molecular weight excluding hydrogens is 701 g/mol. The fourth-order valence-corrected chi connectivity index (χ4v) is 9.21. The van der Waals surface area contributed by atoms with Crippen LogP contribution >= 0.6 is 0 Å². The summed E-state index contributed by atoms with van der Waals surface area (Å²) in [5.74, 6) is 0. The molecule has 0 unspecified atom stereocenters. The highest BCUT2D eigenvalue weighted by Gasteiger charge is 2.16. The van der Waals surface area contributed by atoms with Gasteiger partial charge in [0.05, 0.1) is 22.1 Å². The highest BCUT2D eigenvalue weighted by atomic mass is 15.0. The first-order valence-corrected chi connectivity index (χ1v) is 20.2. The second kappa shape index (κ2) is 14.0. The van der Waals surface area contributed by atoms with Gasteiger partial charge in [-0.25, -0.2) is 0 Å². The first-order valence-electron chi connectivity index (χ1n) is 20.2. The van der Waals surface area contributed by atoms with Crippen LogP contribution in [0.25, 0.3) is 99.5 Å². The Labute approximate surface area is 338 Å². The molecule has 0 aliphatic carbocycles. The zero-order valence-corrected chi connectivity index (χ0v) is 32.3. The Kier molecular flexibility index (Phi) is 8.15. The van der Waals surface area contributed by atoms with E-state index in [4.69, 9.17) is 0 Å². The van der Waals surface area contributed by atoms with Gasteiger partial charge in [-0.3, -0.25) is 0 Å². The van der Waals surface area contributed by atoms with Gasteiger partial charge in [-0.05, 0) is 117 Å². The van der Waals surface area contributed by atoms with Crippen LogP contribution in [0, 0.1) is 0 Å². The minimum atomic E-state index is 0.944. The number of hydrogen-bond donors (Lipinski definition) is 0. The molecule has 274 valence electrons. The van der Waals surface area contributed by atoms with Gasteiger partial charge in [0, 0.05) is 32.9 Å². The Morgan fingerprint density at radius 2 is 0.655 bits per heavy atom. The van der Waals surface area contributed by atoms with E-state index in [0.717, 1.165) is 6.42 Å². The summed E-state index contributed by atoms with van der Waals surface area (Å²) >= 11 is 0. The molecule has 0 saturated heterocycles. The van der Waals surface area contributed by atoms with E-state index in [0.29, 0.717) is 0 Å². The summed E-state index contributed by atoms with van der Waals surface area (Å²) in [6.45, 7) is 2.27. The van der Waals surface area contributed by atoms with Crippen LogP contribution in [-0.4, -0.2) is 9.13 Å². The Hall–Kier alpha value is -7.42. The summed E-state index contributed by atoms with van der Waals surface area (Å²) in [5, 5.41) is 5.07. The highest BCUT2D eigenvalue weighted by Crippen LogP contribution is 2.39. The van der Waals surface area contributed by atoms with Crippen molar-refractivity contribution in [2.45, 2.75) is 13.3 Å². The van der Waals surface area contributed by atoms with Crippen molar-refractivity contribution in [3.8, 4) is 55.9 Å². The molecule has 0 bridgehead atoms. The number of benzene rings is 9. The van der Waals surface area contributed by atoms with Crippen LogP contribution < -0.4 is 0 Å². The maximum absolute atomic E-state index is 2.37. The van der Waals surface area contributed by atoms with E-state index in [1.54, 1.807) is 0 Å². The molecule has 0 saturated carbocycles. The van der Waals surface area contributed by atoms with Crippen LogP contribution in [0.2, 0.25) is 0 Å². The average molecular weight is 741 g/mol. The molecule has 0 radical (unpaired) electrons.